The lowest BCUT2D eigenvalue weighted by Crippen LogP contribution is -2.36. The molecular formula is C16H24N4OS. The highest BCUT2D eigenvalue weighted by Gasteiger charge is 2.13. The summed E-state index contributed by atoms with van der Waals surface area (Å²) < 4.78 is 5.39. The first-order valence-electron chi connectivity index (χ1n) is 7.64. The fourth-order valence-electron chi connectivity index (χ4n) is 2.28. The minimum absolute atomic E-state index is 0.680. The third-order valence-electron chi connectivity index (χ3n) is 3.49. The highest BCUT2D eigenvalue weighted by Crippen LogP contribution is 2.16. The molecule has 0 atom stereocenters. The number of aromatic nitrogens is 1. The van der Waals surface area contributed by atoms with Crippen LogP contribution in [0.4, 0.5) is 0 Å². The van der Waals surface area contributed by atoms with E-state index in [1.54, 1.807) is 18.4 Å². The molecule has 0 saturated heterocycles. The van der Waals surface area contributed by atoms with Crippen molar-refractivity contribution in [2.75, 3.05) is 7.05 Å². The number of hydrogen-bond donors (Lipinski definition) is 2. The molecular weight excluding hydrogens is 296 g/mol. The Morgan fingerprint density at radius 1 is 1.23 bits per heavy atom. The van der Waals surface area contributed by atoms with E-state index in [4.69, 9.17) is 4.52 Å². The number of hydrogen-bond acceptors (Lipinski definition) is 4. The Balaban J connectivity index is 1.92. The van der Waals surface area contributed by atoms with Crippen LogP contribution in [0.5, 0.6) is 0 Å². The predicted octanol–water partition coefficient (Wildman–Crippen LogP) is 3.03. The molecule has 2 aromatic heterocycles. The van der Waals surface area contributed by atoms with Crippen molar-refractivity contribution in [1.82, 2.24) is 15.8 Å². The molecule has 2 N–H and O–H groups in total. The summed E-state index contributed by atoms with van der Waals surface area (Å²) in [6, 6.07) is 4.28. The van der Waals surface area contributed by atoms with E-state index < -0.39 is 0 Å². The SMILES string of the molecule is CCc1noc(CC)c1CNC(=NC)NCc1ccc(C)s1. The third kappa shape index (κ3) is 4.10. The normalized spacial score (nSPS) is 11.7. The fraction of sp³-hybridized carbons (Fsp3) is 0.500. The van der Waals surface area contributed by atoms with Gasteiger partial charge in [-0.1, -0.05) is 19.0 Å². The molecule has 0 aliphatic carbocycles. The van der Waals surface area contributed by atoms with E-state index in [0.717, 1.165) is 42.4 Å². The first kappa shape index (κ1) is 16.5. The molecule has 120 valence electrons. The number of aliphatic imine (C=N–C) groups is 1. The Labute approximate surface area is 135 Å². The molecule has 2 rings (SSSR count). The van der Waals surface area contributed by atoms with Crippen LogP contribution >= 0.6 is 11.3 Å². The molecule has 0 aliphatic heterocycles. The molecule has 0 bridgehead atoms. The highest BCUT2D eigenvalue weighted by molar-refractivity contribution is 7.11. The van der Waals surface area contributed by atoms with Crippen molar-refractivity contribution in [2.24, 2.45) is 4.99 Å². The molecule has 0 amide bonds. The van der Waals surface area contributed by atoms with Crippen molar-refractivity contribution in [3.05, 3.63) is 38.9 Å². The van der Waals surface area contributed by atoms with Crippen LogP contribution in [0.25, 0.3) is 0 Å². The van der Waals surface area contributed by atoms with Crippen molar-refractivity contribution in [1.29, 1.82) is 0 Å². The minimum Gasteiger partial charge on any atom is -0.361 e. The maximum atomic E-state index is 5.39. The largest absolute Gasteiger partial charge is 0.361 e. The molecule has 6 heteroatoms. The summed E-state index contributed by atoms with van der Waals surface area (Å²) in [6.45, 7) is 7.75. The topological polar surface area (TPSA) is 62.5 Å². The van der Waals surface area contributed by atoms with Crippen LogP contribution in [-0.4, -0.2) is 18.2 Å². The van der Waals surface area contributed by atoms with E-state index in [0.29, 0.717) is 6.54 Å². The number of guanidine groups is 1. The van der Waals surface area contributed by atoms with Crippen LogP contribution in [0, 0.1) is 6.92 Å². The average Bonchev–Trinajstić information content (AvgIpc) is 3.13. The number of rotatable bonds is 6. The van der Waals surface area contributed by atoms with Crippen LogP contribution in [0.3, 0.4) is 0 Å². The Kier molecular flexibility index (Phi) is 6.00. The van der Waals surface area contributed by atoms with E-state index >= 15 is 0 Å². The molecule has 2 aromatic rings. The van der Waals surface area contributed by atoms with E-state index in [-0.39, 0.29) is 0 Å². The fourth-order valence-corrected chi connectivity index (χ4v) is 3.11. The molecule has 0 fully saturated rings. The molecule has 5 nitrogen and oxygen atoms in total. The van der Waals surface area contributed by atoms with Crippen LogP contribution in [0.1, 0.15) is 40.6 Å². The second kappa shape index (κ2) is 7.98. The Morgan fingerprint density at radius 3 is 2.59 bits per heavy atom. The summed E-state index contributed by atoms with van der Waals surface area (Å²) in [5, 5.41) is 10.8. The number of thiophene rings is 1. The molecule has 0 aliphatic rings. The second-order valence-electron chi connectivity index (χ2n) is 5.03. The second-order valence-corrected chi connectivity index (χ2v) is 6.40. The van der Waals surface area contributed by atoms with Gasteiger partial charge in [-0.05, 0) is 25.5 Å². The highest BCUT2D eigenvalue weighted by atomic mass is 32.1. The van der Waals surface area contributed by atoms with Gasteiger partial charge in [0.1, 0.15) is 5.76 Å². The first-order valence-corrected chi connectivity index (χ1v) is 8.45. The quantitative estimate of drug-likeness (QED) is 0.634. The standard InChI is InChI=1S/C16H24N4OS/c1-5-14-13(15(6-2)21-20-14)10-19-16(17-4)18-9-12-8-7-11(3)22-12/h7-8H,5-6,9-10H2,1-4H3,(H2,17,18,19). The molecule has 0 radical (unpaired) electrons. The van der Waals surface area contributed by atoms with Gasteiger partial charge in [0, 0.05) is 35.3 Å². The van der Waals surface area contributed by atoms with Gasteiger partial charge in [-0.2, -0.15) is 0 Å². The molecule has 0 aromatic carbocycles. The third-order valence-corrected chi connectivity index (χ3v) is 4.49. The number of nitrogens with one attached hydrogen (secondary N) is 2. The zero-order valence-corrected chi connectivity index (χ0v) is 14.5. The maximum Gasteiger partial charge on any atom is 0.191 e. The minimum atomic E-state index is 0.680. The lowest BCUT2D eigenvalue weighted by molar-refractivity contribution is 0.380. The Bertz CT molecular complexity index is 608. The Hall–Kier alpha value is -1.82. The van der Waals surface area contributed by atoms with E-state index in [9.17, 15) is 0 Å². The van der Waals surface area contributed by atoms with Crippen molar-refractivity contribution in [3.8, 4) is 0 Å². The summed E-state index contributed by atoms with van der Waals surface area (Å²) >= 11 is 1.80. The van der Waals surface area contributed by atoms with Crippen molar-refractivity contribution in [3.63, 3.8) is 0 Å². The predicted molar refractivity (Wildman–Crippen MR) is 91.4 cm³/mol. The van der Waals surface area contributed by atoms with Crippen LogP contribution < -0.4 is 10.6 Å². The van der Waals surface area contributed by atoms with Gasteiger partial charge in [-0.25, -0.2) is 0 Å². The Morgan fingerprint density at radius 2 is 2.00 bits per heavy atom. The molecule has 0 saturated carbocycles. The zero-order valence-electron chi connectivity index (χ0n) is 13.7. The van der Waals surface area contributed by atoms with E-state index in [2.05, 4.69) is 53.7 Å². The molecule has 22 heavy (non-hydrogen) atoms. The molecule has 2 heterocycles. The monoisotopic (exact) mass is 320 g/mol. The van der Waals surface area contributed by atoms with Gasteiger partial charge in [0.15, 0.2) is 5.96 Å². The number of aryl methyl sites for hydroxylation is 3. The summed E-state index contributed by atoms with van der Waals surface area (Å²) in [6.07, 6.45) is 1.73. The summed E-state index contributed by atoms with van der Waals surface area (Å²) in [5.41, 5.74) is 2.17. The lowest BCUT2D eigenvalue weighted by Gasteiger charge is -2.11. The lowest BCUT2D eigenvalue weighted by atomic mass is 10.1. The first-order chi connectivity index (χ1) is 10.7. The molecule has 0 spiro atoms. The van der Waals surface area contributed by atoms with Crippen molar-refractivity contribution < 1.29 is 4.52 Å². The van der Waals surface area contributed by atoms with Gasteiger partial charge < -0.3 is 15.2 Å². The summed E-state index contributed by atoms with van der Waals surface area (Å²) in [5.74, 6) is 1.74. The zero-order chi connectivity index (χ0) is 15.9. The van der Waals surface area contributed by atoms with Gasteiger partial charge in [0.25, 0.3) is 0 Å². The van der Waals surface area contributed by atoms with Gasteiger partial charge in [0.2, 0.25) is 0 Å². The van der Waals surface area contributed by atoms with E-state index in [1.165, 1.54) is 9.75 Å². The van der Waals surface area contributed by atoms with Crippen molar-refractivity contribution in [2.45, 2.75) is 46.7 Å². The molecule has 0 unspecified atom stereocenters. The summed E-state index contributed by atoms with van der Waals surface area (Å²) in [4.78, 5) is 6.89. The van der Waals surface area contributed by atoms with Gasteiger partial charge in [-0.3, -0.25) is 4.99 Å². The van der Waals surface area contributed by atoms with Gasteiger partial charge in [0.05, 0.1) is 12.2 Å². The maximum absolute atomic E-state index is 5.39. The summed E-state index contributed by atoms with van der Waals surface area (Å²) in [7, 11) is 1.78. The van der Waals surface area contributed by atoms with Crippen LogP contribution in [0.2, 0.25) is 0 Å². The van der Waals surface area contributed by atoms with Gasteiger partial charge in [-0.15, -0.1) is 11.3 Å². The van der Waals surface area contributed by atoms with Crippen molar-refractivity contribution >= 4 is 17.3 Å². The average molecular weight is 320 g/mol. The number of nitrogens with zero attached hydrogens (tertiary/aromatic N) is 2. The van der Waals surface area contributed by atoms with Crippen LogP contribution in [0.15, 0.2) is 21.6 Å². The van der Waals surface area contributed by atoms with E-state index in [1.807, 2.05) is 0 Å². The van der Waals surface area contributed by atoms with Crippen LogP contribution in [-0.2, 0) is 25.9 Å². The van der Waals surface area contributed by atoms with Gasteiger partial charge >= 0.3 is 0 Å². The smallest absolute Gasteiger partial charge is 0.191 e.